The predicted octanol–water partition coefficient (Wildman–Crippen LogP) is 2.23. The van der Waals surface area contributed by atoms with Crippen LogP contribution in [0.1, 0.15) is 38.8 Å². The molecule has 0 amide bonds. The molecule has 1 atom stereocenters. The first-order valence-corrected chi connectivity index (χ1v) is 6.62. The number of aromatic nitrogens is 4. The molecule has 0 radical (unpaired) electrons. The summed E-state index contributed by atoms with van der Waals surface area (Å²) in [6, 6.07) is 3.76. The number of hydrogen-bond donors (Lipinski definition) is 2. The van der Waals surface area contributed by atoms with E-state index in [0.29, 0.717) is 0 Å². The Morgan fingerprint density at radius 2 is 2.11 bits per heavy atom. The summed E-state index contributed by atoms with van der Waals surface area (Å²) < 4.78 is 1.78. The number of rotatable bonds is 1. The largest absolute Gasteiger partial charge is 0.383 e. The smallest absolute Gasteiger partial charge is 0.111 e. The molecule has 1 fully saturated rings. The fourth-order valence-corrected chi connectivity index (χ4v) is 2.80. The first kappa shape index (κ1) is 13.8. The molecule has 0 aliphatic heterocycles. The van der Waals surface area contributed by atoms with Crippen molar-refractivity contribution >= 4 is 0 Å². The highest BCUT2D eigenvalue weighted by atomic mass is 16.3. The van der Waals surface area contributed by atoms with Crippen LogP contribution in [0.3, 0.4) is 0 Å². The molecule has 0 spiro atoms. The van der Waals surface area contributed by atoms with Gasteiger partial charge >= 0.3 is 0 Å². The zero-order valence-corrected chi connectivity index (χ0v) is 11.8. The van der Waals surface area contributed by atoms with Gasteiger partial charge in [-0.05, 0) is 36.8 Å². The summed E-state index contributed by atoms with van der Waals surface area (Å²) in [4.78, 5) is 0. The van der Waals surface area contributed by atoms with Crippen molar-refractivity contribution in [2.75, 3.05) is 0 Å². The number of hydrogen-bond acceptors (Lipinski definition) is 3. The van der Waals surface area contributed by atoms with Crippen LogP contribution in [-0.4, -0.2) is 25.1 Å². The van der Waals surface area contributed by atoms with E-state index in [4.69, 9.17) is 0 Å². The quantitative estimate of drug-likeness (QED) is 0.828. The number of nitrogens with one attached hydrogen (secondary N) is 1. The van der Waals surface area contributed by atoms with E-state index in [1.165, 1.54) is 0 Å². The lowest BCUT2D eigenvalue weighted by atomic mass is 9.76. The molecule has 1 aliphatic carbocycles. The molecule has 1 saturated carbocycles. The number of aryl methyl sites for hydroxylation is 1. The molecule has 1 aliphatic rings. The second-order valence-corrected chi connectivity index (χ2v) is 5.70. The van der Waals surface area contributed by atoms with Gasteiger partial charge in [-0.1, -0.05) is 13.8 Å². The fraction of sp³-hybridized carbons (Fsp3) is 0.571. The predicted molar refractivity (Wildman–Crippen MR) is 73.3 cm³/mol. The van der Waals surface area contributed by atoms with Crippen molar-refractivity contribution in [1.29, 1.82) is 0 Å². The van der Waals surface area contributed by atoms with Crippen molar-refractivity contribution in [3.63, 3.8) is 0 Å². The molecule has 2 aromatic rings. The minimum absolute atomic E-state index is 0.0409. The van der Waals surface area contributed by atoms with Gasteiger partial charge in [0.15, 0.2) is 0 Å². The Kier molecular flexibility index (Phi) is 3.75. The maximum Gasteiger partial charge on any atom is 0.111 e. The molecule has 0 bridgehead atoms. The van der Waals surface area contributed by atoms with Gasteiger partial charge in [0.1, 0.15) is 5.60 Å². The standard InChI is InChI=1S/C11H18N2O.C3H4N2/c1-10(2)6-4-7-11(10,14)9-5-8-12-13(9)3;1-2-4-5-3-1/h5,8,14H,4,6-7H2,1-3H3;1-3H,(H,4,5). The second kappa shape index (κ2) is 5.17. The molecule has 1 unspecified atom stereocenters. The lowest BCUT2D eigenvalue weighted by Gasteiger charge is -2.36. The Morgan fingerprint density at radius 1 is 1.32 bits per heavy atom. The third-order valence-corrected chi connectivity index (χ3v) is 4.11. The van der Waals surface area contributed by atoms with Gasteiger partial charge < -0.3 is 5.11 Å². The molecule has 5 heteroatoms. The molecular weight excluding hydrogens is 240 g/mol. The van der Waals surface area contributed by atoms with Gasteiger partial charge in [-0.15, -0.1) is 0 Å². The van der Waals surface area contributed by atoms with E-state index in [1.807, 2.05) is 19.2 Å². The zero-order chi connectivity index (χ0) is 13.9. The van der Waals surface area contributed by atoms with Crippen molar-refractivity contribution in [3.8, 4) is 0 Å². The van der Waals surface area contributed by atoms with E-state index in [9.17, 15) is 5.11 Å². The highest BCUT2D eigenvalue weighted by Gasteiger charge is 2.50. The first-order valence-electron chi connectivity index (χ1n) is 6.62. The summed E-state index contributed by atoms with van der Waals surface area (Å²) in [6.45, 7) is 4.26. The monoisotopic (exact) mass is 262 g/mol. The molecule has 104 valence electrons. The lowest BCUT2D eigenvalue weighted by Crippen LogP contribution is -2.38. The van der Waals surface area contributed by atoms with E-state index in [-0.39, 0.29) is 5.41 Å². The molecule has 3 rings (SSSR count). The number of nitrogens with zero attached hydrogens (tertiary/aromatic N) is 3. The van der Waals surface area contributed by atoms with E-state index < -0.39 is 5.60 Å². The number of aromatic amines is 1. The van der Waals surface area contributed by atoms with Crippen LogP contribution in [0.5, 0.6) is 0 Å². The molecule has 2 heterocycles. The SMILES string of the molecule is Cn1nccc1C1(O)CCCC1(C)C.c1cn[nH]c1. The average Bonchev–Trinajstić information content (AvgIpc) is 3.04. The van der Waals surface area contributed by atoms with Gasteiger partial charge in [0.2, 0.25) is 0 Å². The van der Waals surface area contributed by atoms with Crippen molar-refractivity contribution in [2.45, 2.75) is 38.7 Å². The normalized spacial score (nSPS) is 24.8. The molecular formula is C14H22N4O. The summed E-state index contributed by atoms with van der Waals surface area (Å²) in [7, 11) is 1.89. The molecule has 2 N–H and O–H groups in total. The lowest BCUT2D eigenvalue weighted by molar-refractivity contribution is -0.0550. The average molecular weight is 262 g/mol. The van der Waals surface area contributed by atoms with Gasteiger partial charge in [-0.25, -0.2) is 0 Å². The topological polar surface area (TPSA) is 66.7 Å². The fourth-order valence-electron chi connectivity index (χ4n) is 2.80. The van der Waals surface area contributed by atoms with Crippen LogP contribution >= 0.6 is 0 Å². The summed E-state index contributed by atoms with van der Waals surface area (Å²) in [5.74, 6) is 0. The Labute approximate surface area is 113 Å². The van der Waals surface area contributed by atoms with Crippen LogP contribution in [0.4, 0.5) is 0 Å². The Hall–Kier alpha value is -1.62. The Balaban J connectivity index is 0.000000224. The van der Waals surface area contributed by atoms with E-state index in [1.54, 1.807) is 23.3 Å². The minimum atomic E-state index is -0.696. The van der Waals surface area contributed by atoms with E-state index in [0.717, 1.165) is 25.0 Å². The van der Waals surface area contributed by atoms with Crippen LogP contribution in [0.2, 0.25) is 0 Å². The van der Waals surface area contributed by atoms with Gasteiger partial charge in [-0.2, -0.15) is 10.2 Å². The van der Waals surface area contributed by atoms with E-state index >= 15 is 0 Å². The van der Waals surface area contributed by atoms with Crippen molar-refractivity contribution < 1.29 is 5.11 Å². The van der Waals surface area contributed by atoms with Gasteiger partial charge in [0.05, 0.1) is 5.69 Å². The summed E-state index contributed by atoms with van der Waals surface area (Å²) in [5.41, 5.74) is 0.207. The molecule has 2 aromatic heterocycles. The van der Waals surface area contributed by atoms with Crippen LogP contribution in [0.15, 0.2) is 30.7 Å². The third-order valence-electron chi connectivity index (χ3n) is 4.11. The van der Waals surface area contributed by atoms with Crippen LogP contribution < -0.4 is 0 Å². The highest BCUT2D eigenvalue weighted by Crippen LogP contribution is 2.51. The summed E-state index contributed by atoms with van der Waals surface area (Å²) in [5, 5.41) is 21.0. The molecule has 19 heavy (non-hydrogen) atoms. The summed E-state index contributed by atoms with van der Waals surface area (Å²) in [6.07, 6.45) is 8.23. The molecule has 0 aromatic carbocycles. The number of aliphatic hydroxyl groups is 1. The highest BCUT2D eigenvalue weighted by molar-refractivity contribution is 5.18. The van der Waals surface area contributed by atoms with Crippen molar-refractivity contribution in [1.82, 2.24) is 20.0 Å². The van der Waals surface area contributed by atoms with Crippen LogP contribution in [0.25, 0.3) is 0 Å². The van der Waals surface area contributed by atoms with Gasteiger partial charge in [0, 0.05) is 25.6 Å². The van der Waals surface area contributed by atoms with Gasteiger partial charge in [0.25, 0.3) is 0 Å². The first-order chi connectivity index (χ1) is 8.97. The third kappa shape index (κ3) is 2.56. The molecule has 5 nitrogen and oxygen atoms in total. The van der Waals surface area contributed by atoms with Crippen molar-refractivity contribution in [2.24, 2.45) is 12.5 Å². The zero-order valence-electron chi connectivity index (χ0n) is 11.8. The van der Waals surface area contributed by atoms with Gasteiger partial charge in [-0.3, -0.25) is 9.78 Å². The second-order valence-electron chi connectivity index (χ2n) is 5.70. The maximum atomic E-state index is 10.7. The number of H-pyrrole nitrogens is 1. The van der Waals surface area contributed by atoms with Crippen LogP contribution in [-0.2, 0) is 12.6 Å². The Bertz CT molecular complexity index is 486. The minimum Gasteiger partial charge on any atom is -0.383 e. The molecule has 0 saturated heterocycles. The van der Waals surface area contributed by atoms with E-state index in [2.05, 4.69) is 29.1 Å². The Morgan fingerprint density at radius 3 is 2.47 bits per heavy atom. The van der Waals surface area contributed by atoms with Crippen LogP contribution in [0, 0.1) is 5.41 Å². The van der Waals surface area contributed by atoms with Crippen molar-refractivity contribution in [3.05, 3.63) is 36.4 Å². The summed E-state index contributed by atoms with van der Waals surface area (Å²) >= 11 is 0. The maximum absolute atomic E-state index is 10.7.